The summed E-state index contributed by atoms with van der Waals surface area (Å²) in [6.45, 7) is 6.33. The molecule has 1 heterocycles. The number of hydrogen-bond donors (Lipinski definition) is 1. The third kappa shape index (κ3) is 5.34. The van der Waals surface area contributed by atoms with Gasteiger partial charge in [0.1, 0.15) is 12.4 Å². The fourth-order valence-electron chi connectivity index (χ4n) is 2.88. The van der Waals surface area contributed by atoms with E-state index >= 15 is 0 Å². The van der Waals surface area contributed by atoms with Crippen LogP contribution in [-0.4, -0.2) is 35.7 Å². The molecule has 5 heteroatoms. The van der Waals surface area contributed by atoms with E-state index in [1.165, 1.54) is 18.5 Å². The molecule has 0 aliphatic heterocycles. The molecule has 132 valence electrons. The predicted molar refractivity (Wildman–Crippen MR) is 97.0 cm³/mol. The van der Waals surface area contributed by atoms with Crippen LogP contribution in [0.15, 0.2) is 24.3 Å². The number of para-hydroxylation sites is 2. The molecule has 0 saturated heterocycles. The van der Waals surface area contributed by atoms with Crippen molar-refractivity contribution in [1.82, 2.24) is 14.9 Å². The second-order valence-corrected chi connectivity index (χ2v) is 6.61. The summed E-state index contributed by atoms with van der Waals surface area (Å²) in [5.74, 6) is 1.72. The Kier molecular flexibility index (Phi) is 7.25. The van der Waals surface area contributed by atoms with E-state index in [4.69, 9.17) is 9.72 Å². The van der Waals surface area contributed by atoms with Crippen molar-refractivity contribution in [2.75, 3.05) is 20.3 Å². The number of nitrogens with zero attached hydrogens (tertiary/aromatic N) is 2. The minimum Gasteiger partial charge on any atom is -0.375 e. The van der Waals surface area contributed by atoms with E-state index in [1.54, 1.807) is 0 Å². The molecular weight excluding hydrogens is 302 g/mol. The standard InChI is InChI=1S/C19H29N3O2/c1-15(2)13-22-17-10-7-6-9-16(17)21-18(22)11-5-4-8-12-20-19(23)14-24-3/h6-7,9-10,15H,4-5,8,11-14H2,1-3H3,(H,20,23). The highest BCUT2D eigenvalue weighted by Crippen LogP contribution is 2.19. The summed E-state index contributed by atoms with van der Waals surface area (Å²) in [6, 6.07) is 8.36. The lowest BCUT2D eigenvalue weighted by molar-refractivity contribution is -0.124. The Morgan fingerprint density at radius 2 is 2.04 bits per heavy atom. The number of aromatic nitrogens is 2. The molecule has 2 rings (SSSR count). The van der Waals surface area contributed by atoms with Crippen LogP contribution in [0.3, 0.4) is 0 Å². The molecule has 0 atom stereocenters. The van der Waals surface area contributed by atoms with Gasteiger partial charge in [-0.3, -0.25) is 4.79 Å². The Balaban J connectivity index is 1.85. The van der Waals surface area contributed by atoms with E-state index in [2.05, 4.69) is 41.9 Å². The Bertz CT molecular complexity index is 649. The van der Waals surface area contributed by atoms with E-state index < -0.39 is 0 Å². The predicted octanol–water partition coefficient (Wildman–Crippen LogP) is 3.17. The van der Waals surface area contributed by atoms with Crippen molar-refractivity contribution >= 4 is 16.9 Å². The monoisotopic (exact) mass is 331 g/mol. The molecule has 0 spiro atoms. The third-order valence-corrected chi connectivity index (χ3v) is 3.96. The summed E-state index contributed by atoms with van der Waals surface area (Å²) < 4.78 is 7.15. The summed E-state index contributed by atoms with van der Waals surface area (Å²) >= 11 is 0. The minimum atomic E-state index is -0.0452. The van der Waals surface area contributed by atoms with Crippen LogP contribution in [0.4, 0.5) is 0 Å². The van der Waals surface area contributed by atoms with Gasteiger partial charge in [-0.15, -0.1) is 0 Å². The van der Waals surface area contributed by atoms with Gasteiger partial charge < -0.3 is 14.6 Å². The van der Waals surface area contributed by atoms with E-state index in [1.807, 2.05) is 6.07 Å². The number of rotatable bonds is 10. The van der Waals surface area contributed by atoms with Crippen molar-refractivity contribution in [3.63, 3.8) is 0 Å². The van der Waals surface area contributed by atoms with Gasteiger partial charge in [-0.2, -0.15) is 0 Å². The van der Waals surface area contributed by atoms with Crippen molar-refractivity contribution in [2.24, 2.45) is 5.92 Å². The van der Waals surface area contributed by atoms with Crippen LogP contribution in [0.2, 0.25) is 0 Å². The molecule has 0 unspecified atom stereocenters. The van der Waals surface area contributed by atoms with Crippen molar-refractivity contribution in [3.8, 4) is 0 Å². The van der Waals surface area contributed by atoms with Gasteiger partial charge in [0.15, 0.2) is 0 Å². The minimum absolute atomic E-state index is 0.0452. The largest absolute Gasteiger partial charge is 0.375 e. The number of nitrogens with one attached hydrogen (secondary N) is 1. The SMILES string of the molecule is COCC(=O)NCCCCCc1nc2ccccc2n1CC(C)C. The highest BCUT2D eigenvalue weighted by Gasteiger charge is 2.11. The van der Waals surface area contributed by atoms with Crippen molar-refractivity contribution in [1.29, 1.82) is 0 Å². The number of methoxy groups -OCH3 is 1. The number of carbonyl (C=O) groups is 1. The van der Waals surface area contributed by atoms with E-state index in [0.717, 1.165) is 37.7 Å². The summed E-state index contributed by atoms with van der Waals surface area (Å²) in [5.41, 5.74) is 2.31. The fraction of sp³-hybridized carbons (Fsp3) is 0.579. The van der Waals surface area contributed by atoms with Crippen molar-refractivity contribution in [3.05, 3.63) is 30.1 Å². The van der Waals surface area contributed by atoms with Crippen LogP contribution in [0.5, 0.6) is 0 Å². The number of hydrogen-bond acceptors (Lipinski definition) is 3. The lowest BCUT2D eigenvalue weighted by Gasteiger charge is -2.11. The van der Waals surface area contributed by atoms with Crippen LogP contribution < -0.4 is 5.32 Å². The zero-order valence-corrected chi connectivity index (χ0v) is 15.0. The number of imidazole rings is 1. The third-order valence-electron chi connectivity index (χ3n) is 3.96. The summed E-state index contributed by atoms with van der Waals surface area (Å²) in [6.07, 6.45) is 4.13. The lowest BCUT2D eigenvalue weighted by atomic mass is 10.1. The fourth-order valence-corrected chi connectivity index (χ4v) is 2.88. The highest BCUT2D eigenvalue weighted by atomic mass is 16.5. The number of aryl methyl sites for hydroxylation is 1. The first kappa shape index (κ1) is 18.5. The van der Waals surface area contributed by atoms with Crippen LogP contribution in [0.1, 0.15) is 38.9 Å². The second-order valence-electron chi connectivity index (χ2n) is 6.61. The van der Waals surface area contributed by atoms with Crippen LogP contribution >= 0.6 is 0 Å². The van der Waals surface area contributed by atoms with Gasteiger partial charge in [0.2, 0.25) is 5.91 Å². The maximum absolute atomic E-state index is 11.3. The maximum Gasteiger partial charge on any atom is 0.245 e. The molecule has 0 aliphatic carbocycles. The van der Waals surface area contributed by atoms with Gasteiger partial charge in [0.05, 0.1) is 11.0 Å². The normalized spacial score (nSPS) is 11.3. The number of carbonyl (C=O) groups excluding carboxylic acids is 1. The molecule has 1 aromatic heterocycles. The Morgan fingerprint density at radius 3 is 2.79 bits per heavy atom. The molecule has 0 aliphatic rings. The highest BCUT2D eigenvalue weighted by molar-refractivity contribution is 5.77. The van der Waals surface area contributed by atoms with Crippen molar-refractivity contribution in [2.45, 2.75) is 46.1 Å². The molecule has 2 aromatic rings. The quantitative estimate of drug-likeness (QED) is 0.680. The van der Waals surface area contributed by atoms with Crippen LogP contribution in [-0.2, 0) is 22.5 Å². The molecular formula is C19H29N3O2. The molecule has 1 amide bonds. The topological polar surface area (TPSA) is 56.1 Å². The van der Waals surface area contributed by atoms with Gasteiger partial charge in [0.25, 0.3) is 0 Å². The number of benzene rings is 1. The number of unbranched alkanes of at least 4 members (excludes halogenated alkanes) is 2. The molecule has 0 bridgehead atoms. The second kappa shape index (κ2) is 9.42. The van der Waals surface area contributed by atoms with Gasteiger partial charge in [-0.1, -0.05) is 32.4 Å². The summed E-state index contributed by atoms with van der Waals surface area (Å²) in [7, 11) is 1.53. The molecule has 0 fully saturated rings. The molecule has 24 heavy (non-hydrogen) atoms. The van der Waals surface area contributed by atoms with Gasteiger partial charge in [-0.05, 0) is 30.9 Å². The van der Waals surface area contributed by atoms with Crippen LogP contribution in [0, 0.1) is 5.92 Å². The number of amides is 1. The average Bonchev–Trinajstić information content (AvgIpc) is 2.88. The van der Waals surface area contributed by atoms with Gasteiger partial charge in [0, 0.05) is 26.6 Å². The van der Waals surface area contributed by atoms with Gasteiger partial charge >= 0.3 is 0 Å². The zero-order chi connectivity index (χ0) is 17.4. The molecule has 1 N–H and O–H groups in total. The number of fused-ring (bicyclic) bond motifs is 1. The lowest BCUT2D eigenvalue weighted by Crippen LogP contribution is -2.27. The smallest absolute Gasteiger partial charge is 0.245 e. The maximum atomic E-state index is 11.3. The summed E-state index contributed by atoms with van der Waals surface area (Å²) in [4.78, 5) is 16.1. The summed E-state index contributed by atoms with van der Waals surface area (Å²) in [5, 5.41) is 2.86. The molecule has 5 nitrogen and oxygen atoms in total. The Labute approximate surface area is 144 Å². The first-order chi connectivity index (χ1) is 11.6. The van der Waals surface area contributed by atoms with Crippen LogP contribution in [0.25, 0.3) is 11.0 Å². The molecule has 0 saturated carbocycles. The Hall–Kier alpha value is -1.88. The van der Waals surface area contributed by atoms with E-state index in [9.17, 15) is 4.79 Å². The van der Waals surface area contributed by atoms with Crippen molar-refractivity contribution < 1.29 is 9.53 Å². The molecule has 1 aromatic carbocycles. The van der Waals surface area contributed by atoms with Gasteiger partial charge in [-0.25, -0.2) is 4.98 Å². The van der Waals surface area contributed by atoms with E-state index in [-0.39, 0.29) is 12.5 Å². The average molecular weight is 331 g/mol. The Morgan fingerprint density at radius 1 is 1.25 bits per heavy atom. The molecule has 0 radical (unpaired) electrons. The first-order valence-corrected chi connectivity index (χ1v) is 8.81. The van der Waals surface area contributed by atoms with E-state index in [0.29, 0.717) is 12.5 Å². The number of ether oxygens (including phenoxy) is 1. The first-order valence-electron chi connectivity index (χ1n) is 8.81. The zero-order valence-electron chi connectivity index (χ0n) is 15.0.